The topological polar surface area (TPSA) is 200 Å². The lowest BCUT2D eigenvalue weighted by atomic mass is 10.0. The maximum atomic E-state index is 13.0. The number of carbonyl (C=O) groups excluding carboxylic acids is 2. The van der Waals surface area contributed by atoms with E-state index in [1.807, 2.05) is 42.5 Å². The van der Waals surface area contributed by atoms with E-state index in [0.717, 1.165) is 23.6 Å². The molecule has 0 saturated carbocycles. The second-order valence-electron chi connectivity index (χ2n) is 9.21. The molecule has 0 unspecified atom stereocenters. The van der Waals surface area contributed by atoms with E-state index in [1.165, 1.54) is 5.56 Å². The number of carbonyl (C=O) groups is 3. The van der Waals surface area contributed by atoms with Gasteiger partial charge in [-0.25, -0.2) is 0 Å². The molecule has 0 aliphatic carbocycles. The molecule has 10 heteroatoms. The van der Waals surface area contributed by atoms with Gasteiger partial charge in [-0.15, -0.1) is 0 Å². The number of aliphatic carboxylic acids is 1. The van der Waals surface area contributed by atoms with Gasteiger partial charge in [0, 0.05) is 30.3 Å². The molecule has 10 nitrogen and oxygen atoms in total. The molecule has 0 aromatic heterocycles. The van der Waals surface area contributed by atoms with Crippen molar-refractivity contribution in [3.8, 4) is 0 Å². The maximum absolute atomic E-state index is 13.0. The first-order chi connectivity index (χ1) is 17.3. The van der Waals surface area contributed by atoms with Crippen LogP contribution in [0, 0.1) is 11.3 Å². The predicted molar refractivity (Wildman–Crippen MR) is 145 cm³/mol. The molecule has 0 radical (unpaired) electrons. The average Bonchev–Trinajstić information content (AvgIpc) is 3.16. The Balaban J connectivity index is 0.00000253. The molecular weight excluding hydrogens is 488 g/mol. The standard InChI is InChI=1S/C28H30N4O4.2H2O/c29-26(30)21-10-8-20-14-22(11-9-19(20)13-21)27(35)31-17-24-15-23(16-25(33)34)28(36)32(24)12-4-7-18-5-2-1-3-6-18;;/h1-3,5-6,8-11,13-14,23-24H,4,7,12,15-17H2,(H3,29,30)(H,31,35)(H,33,34);2*1H2/t23-,24-;;/m0../s1. The third-order valence-electron chi connectivity index (χ3n) is 6.67. The summed E-state index contributed by atoms with van der Waals surface area (Å²) >= 11 is 0. The van der Waals surface area contributed by atoms with Crippen molar-refractivity contribution in [3.05, 3.63) is 83.4 Å². The van der Waals surface area contributed by atoms with Gasteiger partial charge in [-0.3, -0.25) is 19.8 Å². The summed E-state index contributed by atoms with van der Waals surface area (Å²) in [6.45, 7) is 0.770. The zero-order valence-electron chi connectivity index (χ0n) is 20.9. The summed E-state index contributed by atoms with van der Waals surface area (Å²) in [5.74, 6) is -1.99. The highest BCUT2D eigenvalue weighted by Crippen LogP contribution is 2.28. The van der Waals surface area contributed by atoms with E-state index in [0.29, 0.717) is 24.1 Å². The van der Waals surface area contributed by atoms with Crippen molar-refractivity contribution < 1.29 is 30.4 Å². The zero-order chi connectivity index (χ0) is 25.7. The van der Waals surface area contributed by atoms with Crippen molar-refractivity contribution in [2.75, 3.05) is 13.1 Å². The fraction of sp³-hybridized carbons (Fsp3) is 0.286. The minimum Gasteiger partial charge on any atom is -0.481 e. The van der Waals surface area contributed by atoms with Crippen molar-refractivity contribution in [2.45, 2.75) is 31.7 Å². The molecule has 1 heterocycles. The van der Waals surface area contributed by atoms with Crippen molar-refractivity contribution in [2.24, 2.45) is 11.7 Å². The Bertz CT molecular complexity index is 1300. The van der Waals surface area contributed by atoms with Crippen LogP contribution >= 0.6 is 0 Å². The van der Waals surface area contributed by atoms with Crippen LogP contribution in [0.2, 0.25) is 0 Å². The highest BCUT2D eigenvalue weighted by molar-refractivity contribution is 6.02. The summed E-state index contributed by atoms with van der Waals surface area (Å²) in [5.41, 5.74) is 7.85. The van der Waals surface area contributed by atoms with Gasteiger partial charge in [0.2, 0.25) is 5.91 Å². The number of fused-ring (bicyclic) bond motifs is 1. The van der Waals surface area contributed by atoms with Gasteiger partial charge in [0.05, 0.1) is 12.3 Å². The Hall–Kier alpha value is -4.28. The van der Waals surface area contributed by atoms with E-state index < -0.39 is 11.9 Å². The number of likely N-dealkylation sites (tertiary alicyclic amines) is 1. The van der Waals surface area contributed by atoms with Gasteiger partial charge in [-0.1, -0.05) is 48.5 Å². The lowest BCUT2D eigenvalue weighted by molar-refractivity contribution is -0.142. The van der Waals surface area contributed by atoms with Gasteiger partial charge in [0.1, 0.15) is 5.84 Å². The third-order valence-corrected chi connectivity index (χ3v) is 6.67. The minimum absolute atomic E-state index is 0. The Labute approximate surface area is 220 Å². The fourth-order valence-electron chi connectivity index (χ4n) is 4.80. The van der Waals surface area contributed by atoms with E-state index in [4.69, 9.17) is 11.1 Å². The summed E-state index contributed by atoms with van der Waals surface area (Å²) in [7, 11) is 0. The maximum Gasteiger partial charge on any atom is 0.304 e. The number of amides is 2. The third kappa shape index (κ3) is 7.15. The number of nitrogens with two attached hydrogens (primary N) is 1. The molecule has 3 aromatic rings. The smallest absolute Gasteiger partial charge is 0.304 e. The number of nitrogen functional groups attached to an aromatic ring is 1. The van der Waals surface area contributed by atoms with Gasteiger partial charge in [-0.2, -0.15) is 0 Å². The zero-order valence-corrected chi connectivity index (χ0v) is 20.9. The number of amidine groups is 1. The molecule has 9 N–H and O–H groups in total. The van der Waals surface area contributed by atoms with Crippen LogP contribution in [0.1, 0.15) is 40.7 Å². The first-order valence-electron chi connectivity index (χ1n) is 12.0. The highest BCUT2D eigenvalue weighted by atomic mass is 16.4. The Morgan fingerprint density at radius 3 is 2.26 bits per heavy atom. The molecule has 4 rings (SSSR count). The average molecular weight is 523 g/mol. The van der Waals surface area contributed by atoms with Gasteiger partial charge < -0.3 is 32.0 Å². The van der Waals surface area contributed by atoms with E-state index >= 15 is 0 Å². The number of nitrogens with one attached hydrogen (secondary N) is 2. The first-order valence-corrected chi connectivity index (χ1v) is 12.0. The Morgan fingerprint density at radius 1 is 1.00 bits per heavy atom. The molecule has 2 amide bonds. The summed E-state index contributed by atoms with van der Waals surface area (Å²) in [4.78, 5) is 38.9. The van der Waals surface area contributed by atoms with E-state index in [2.05, 4.69) is 5.32 Å². The lowest BCUT2D eigenvalue weighted by Crippen LogP contribution is -2.42. The van der Waals surface area contributed by atoms with Crippen molar-refractivity contribution in [1.29, 1.82) is 5.41 Å². The summed E-state index contributed by atoms with van der Waals surface area (Å²) < 4.78 is 0. The second-order valence-corrected chi connectivity index (χ2v) is 9.21. The summed E-state index contributed by atoms with van der Waals surface area (Å²) in [6, 6.07) is 20.4. The monoisotopic (exact) mass is 522 g/mol. The SMILES string of the molecule is N=C(N)c1ccc2cc(C(=O)NC[C@@H]3C[C@@H](CC(=O)O)C(=O)N3CCCc3ccccc3)ccc2c1.O.O. The van der Waals surface area contributed by atoms with Crippen LogP contribution in [0.3, 0.4) is 0 Å². The van der Waals surface area contributed by atoms with Crippen LogP contribution in [0.25, 0.3) is 10.8 Å². The highest BCUT2D eigenvalue weighted by Gasteiger charge is 2.40. The number of rotatable bonds is 10. The normalized spacial score (nSPS) is 16.4. The Kier molecular flexibility index (Phi) is 10.5. The van der Waals surface area contributed by atoms with Crippen molar-refractivity contribution in [3.63, 3.8) is 0 Å². The van der Waals surface area contributed by atoms with E-state index in [1.54, 1.807) is 29.2 Å². The molecule has 1 aliphatic heterocycles. The number of carboxylic acid groups (broad SMARTS) is 1. The molecule has 202 valence electrons. The molecule has 1 fully saturated rings. The quantitative estimate of drug-likeness (QED) is 0.231. The molecule has 1 aliphatic rings. The van der Waals surface area contributed by atoms with Crippen LogP contribution in [0.15, 0.2) is 66.7 Å². The molecule has 0 spiro atoms. The molecular formula is C28H34N4O6. The number of nitrogens with zero attached hydrogens (tertiary/aromatic N) is 1. The van der Waals surface area contributed by atoms with Crippen LogP contribution in [0.4, 0.5) is 0 Å². The largest absolute Gasteiger partial charge is 0.481 e. The minimum atomic E-state index is -0.994. The Morgan fingerprint density at radius 2 is 1.63 bits per heavy atom. The second kappa shape index (κ2) is 13.3. The van der Waals surface area contributed by atoms with E-state index in [9.17, 15) is 19.5 Å². The van der Waals surface area contributed by atoms with E-state index in [-0.39, 0.29) is 47.6 Å². The van der Waals surface area contributed by atoms with Crippen molar-refractivity contribution in [1.82, 2.24) is 10.2 Å². The number of aryl methyl sites for hydroxylation is 1. The van der Waals surface area contributed by atoms with Crippen LogP contribution in [-0.2, 0) is 16.0 Å². The molecule has 0 bridgehead atoms. The van der Waals surface area contributed by atoms with Gasteiger partial charge in [0.15, 0.2) is 0 Å². The van der Waals surface area contributed by atoms with Gasteiger partial charge in [0.25, 0.3) is 5.91 Å². The number of carboxylic acids is 1. The number of benzene rings is 3. The molecule has 1 saturated heterocycles. The van der Waals surface area contributed by atoms with Crippen molar-refractivity contribution >= 4 is 34.4 Å². The lowest BCUT2D eigenvalue weighted by Gasteiger charge is -2.25. The predicted octanol–water partition coefficient (Wildman–Crippen LogP) is 1.53. The summed E-state index contributed by atoms with van der Waals surface area (Å²) in [5, 5.41) is 21.5. The van der Waals surface area contributed by atoms with Crippen LogP contribution in [-0.4, -0.2) is 63.7 Å². The van der Waals surface area contributed by atoms with Crippen LogP contribution in [0.5, 0.6) is 0 Å². The summed E-state index contributed by atoms with van der Waals surface area (Å²) in [6.07, 6.45) is 1.77. The van der Waals surface area contributed by atoms with Gasteiger partial charge >= 0.3 is 5.97 Å². The first kappa shape index (κ1) is 29.9. The fourth-order valence-corrected chi connectivity index (χ4v) is 4.80. The number of hydrogen-bond donors (Lipinski definition) is 4. The van der Waals surface area contributed by atoms with Crippen LogP contribution < -0.4 is 11.1 Å². The molecule has 2 atom stereocenters. The molecule has 3 aromatic carbocycles. The number of hydrogen-bond acceptors (Lipinski definition) is 4. The van der Waals surface area contributed by atoms with Gasteiger partial charge in [-0.05, 0) is 53.8 Å². The molecule has 38 heavy (non-hydrogen) atoms.